The third kappa shape index (κ3) is 4.34. The molecule has 0 aromatic heterocycles. The molecule has 0 saturated carbocycles. The second-order valence-corrected chi connectivity index (χ2v) is 5.28. The molecular formula is C13H20N2O2. The van der Waals surface area contributed by atoms with Gasteiger partial charge in [0, 0.05) is 5.56 Å². The van der Waals surface area contributed by atoms with Gasteiger partial charge in [0.2, 0.25) is 5.91 Å². The Morgan fingerprint density at radius 1 is 1.35 bits per heavy atom. The number of carbonyl (C=O) groups excluding carboxylic acids is 1. The summed E-state index contributed by atoms with van der Waals surface area (Å²) in [5, 5.41) is 0. The van der Waals surface area contributed by atoms with Gasteiger partial charge in [-0.2, -0.15) is 0 Å². The molecule has 94 valence electrons. The molecule has 0 heterocycles. The Morgan fingerprint density at radius 2 is 2.00 bits per heavy atom. The number of carbonyl (C=O) groups is 1. The number of hydrogen-bond donors (Lipinski definition) is 2. The van der Waals surface area contributed by atoms with Crippen molar-refractivity contribution in [3.05, 3.63) is 23.8 Å². The van der Waals surface area contributed by atoms with Crippen LogP contribution < -0.4 is 16.2 Å². The van der Waals surface area contributed by atoms with E-state index in [-0.39, 0.29) is 5.41 Å². The second kappa shape index (κ2) is 5.08. The summed E-state index contributed by atoms with van der Waals surface area (Å²) in [6.07, 6.45) is 0.910. The van der Waals surface area contributed by atoms with Crippen molar-refractivity contribution in [2.24, 2.45) is 11.1 Å². The van der Waals surface area contributed by atoms with Crippen molar-refractivity contribution >= 4 is 11.6 Å². The van der Waals surface area contributed by atoms with Gasteiger partial charge in [0.15, 0.2) is 0 Å². The largest absolute Gasteiger partial charge is 0.491 e. The summed E-state index contributed by atoms with van der Waals surface area (Å²) in [6, 6.07) is 4.81. The lowest BCUT2D eigenvalue weighted by Gasteiger charge is -2.18. The van der Waals surface area contributed by atoms with Crippen LogP contribution in [0, 0.1) is 5.41 Å². The average molecular weight is 236 g/mol. The molecule has 17 heavy (non-hydrogen) atoms. The molecule has 1 aromatic carbocycles. The molecule has 4 nitrogen and oxygen atoms in total. The van der Waals surface area contributed by atoms with E-state index >= 15 is 0 Å². The SMILES string of the molecule is CC(C)(C)CCOc1cc(C(N)=O)ccc1N. The normalized spacial score (nSPS) is 11.2. The number of amides is 1. The van der Waals surface area contributed by atoms with E-state index in [9.17, 15) is 4.79 Å². The van der Waals surface area contributed by atoms with Crippen LogP contribution in [-0.2, 0) is 0 Å². The van der Waals surface area contributed by atoms with Crippen LogP contribution in [0.25, 0.3) is 0 Å². The molecule has 0 fully saturated rings. The summed E-state index contributed by atoms with van der Waals surface area (Å²) in [5.74, 6) is 0.0382. The number of hydrogen-bond acceptors (Lipinski definition) is 3. The van der Waals surface area contributed by atoms with Crippen molar-refractivity contribution < 1.29 is 9.53 Å². The predicted molar refractivity (Wildman–Crippen MR) is 68.9 cm³/mol. The van der Waals surface area contributed by atoms with E-state index in [0.29, 0.717) is 23.6 Å². The number of primary amides is 1. The van der Waals surface area contributed by atoms with Gasteiger partial charge in [-0.05, 0) is 30.0 Å². The van der Waals surface area contributed by atoms with E-state index in [0.717, 1.165) is 6.42 Å². The molecule has 0 aliphatic heterocycles. The van der Waals surface area contributed by atoms with Crippen molar-refractivity contribution in [3.63, 3.8) is 0 Å². The lowest BCUT2D eigenvalue weighted by molar-refractivity contribution is 0.0999. The van der Waals surface area contributed by atoms with Gasteiger partial charge in [-0.1, -0.05) is 20.8 Å². The molecule has 0 aliphatic rings. The van der Waals surface area contributed by atoms with Crippen molar-refractivity contribution in [3.8, 4) is 5.75 Å². The highest BCUT2D eigenvalue weighted by Crippen LogP contribution is 2.24. The molecular weight excluding hydrogens is 216 g/mol. The van der Waals surface area contributed by atoms with Crippen molar-refractivity contribution in [2.45, 2.75) is 27.2 Å². The van der Waals surface area contributed by atoms with Crippen LogP contribution in [0.2, 0.25) is 0 Å². The van der Waals surface area contributed by atoms with Crippen LogP contribution in [0.1, 0.15) is 37.6 Å². The van der Waals surface area contributed by atoms with Crippen LogP contribution in [0.4, 0.5) is 5.69 Å². The van der Waals surface area contributed by atoms with E-state index in [2.05, 4.69) is 20.8 Å². The molecule has 0 aliphatic carbocycles. The summed E-state index contributed by atoms with van der Waals surface area (Å²) >= 11 is 0. The summed E-state index contributed by atoms with van der Waals surface area (Å²) in [4.78, 5) is 11.0. The number of anilines is 1. The summed E-state index contributed by atoms with van der Waals surface area (Å²) < 4.78 is 5.57. The van der Waals surface area contributed by atoms with Crippen molar-refractivity contribution in [2.75, 3.05) is 12.3 Å². The summed E-state index contributed by atoms with van der Waals surface area (Å²) in [6.45, 7) is 6.98. The first-order valence-corrected chi connectivity index (χ1v) is 5.62. The number of rotatable bonds is 4. The summed E-state index contributed by atoms with van der Waals surface area (Å²) in [5.41, 5.74) is 12.1. The molecule has 0 atom stereocenters. The van der Waals surface area contributed by atoms with Crippen molar-refractivity contribution in [1.82, 2.24) is 0 Å². The first-order chi connectivity index (χ1) is 7.79. The first kappa shape index (κ1) is 13.4. The number of nitrogen functional groups attached to an aromatic ring is 1. The van der Waals surface area contributed by atoms with E-state index < -0.39 is 5.91 Å². The maximum atomic E-state index is 11.0. The Bertz CT molecular complexity index is 408. The lowest BCUT2D eigenvalue weighted by Crippen LogP contribution is -2.13. The standard InChI is InChI=1S/C13H20N2O2/c1-13(2,3)6-7-17-11-8-9(12(15)16)4-5-10(11)14/h4-5,8H,6-7,14H2,1-3H3,(H2,15,16). The maximum Gasteiger partial charge on any atom is 0.248 e. The molecule has 0 saturated heterocycles. The molecule has 0 unspecified atom stereocenters. The Morgan fingerprint density at radius 3 is 2.53 bits per heavy atom. The molecule has 1 rings (SSSR count). The fourth-order valence-electron chi connectivity index (χ4n) is 1.28. The Labute approximate surface area is 102 Å². The van der Waals surface area contributed by atoms with Crippen molar-refractivity contribution in [1.29, 1.82) is 0 Å². The van der Waals surface area contributed by atoms with Crippen LogP contribution in [0.5, 0.6) is 5.75 Å². The smallest absolute Gasteiger partial charge is 0.248 e. The van der Waals surface area contributed by atoms with Gasteiger partial charge in [-0.3, -0.25) is 4.79 Å². The van der Waals surface area contributed by atoms with Gasteiger partial charge < -0.3 is 16.2 Å². The second-order valence-electron chi connectivity index (χ2n) is 5.28. The number of nitrogens with two attached hydrogens (primary N) is 2. The van der Waals surface area contributed by atoms with Crippen LogP contribution >= 0.6 is 0 Å². The maximum absolute atomic E-state index is 11.0. The fraction of sp³-hybridized carbons (Fsp3) is 0.462. The van der Waals surface area contributed by atoms with E-state index in [1.807, 2.05) is 0 Å². The van der Waals surface area contributed by atoms with Gasteiger partial charge in [-0.25, -0.2) is 0 Å². The minimum Gasteiger partial charge on any atom is -0.491 e. The van der Waals surface area contributed by atoms with Gasteiger partial charge in [0.25, 0.3) is 0 Å². The zero-order valence-corrected chi connectivity index (χ0v) is 10.6. The minimum absolute atomic E-state index is 0.204. The van der Waals surface area contributed by atoms with Gasteiger partial charge >= 0.3 is 0 Å². The Balaban J connectivity index is 2.70. The highest BCUT2D eigenvalue weighted by atomic mass is 16.5. The zero-order chi connectivity index (χ0) is 13.1. The van der Waals surface area contributed by atoms with E-state index in [4.69, 9.17) is 16.2 Å². The van der Waals surface area contributed by atoms with E-state index in [1.165, 1.54) is 0 Å². The lowest BCUT2D eigenvalue weighted by atomic mass is 9.93. The van der Waals surface area contributed by atoms with Crippen LogP contribution in [0.15, 0.2) is 18.2 Å². The fourth-order valence-corrected chi connectivity index (χ4v) is 1.28. The van der Waals surface area contributed by atoms with Crippen LogP contribution in [-0.4, -0.2) is 12.5 Å². The third-order valence-corrected chi connectivity index (χ3v) is 2.41. The molecule has 4 N–H and O–H groups in total. The Kier molecular flexibility index (Phi) is 3.99. The number of ether oxygens (including phenoxy) is 1. The van der Waals surface area contributed by atoms with Gasteiger partial charge in [0.1, 0.15) is 5.75 Å². The first-order valence-electron chi connectivity index (χ1n) is 5.62. The summed E-state index contributed by atoms with van der Waals surface area (Å²) in [7, 11) is 0. The minimum atomic E-state index is -0.481. The quantitative estimate of drug-likeness (QED) is 0.786. The molecule has 1 amide bonds. The Hall–Kier alpha value is -1.71. The monoisotopic (exact) mass is 236 g/mol. The topological polar surface area (TPSA) is 78.3 Å². The van der Waals surface area contributed by atoms with Gasteiger partial charge in [-0.15, -0.1) is 0 Å². The van der Waals surface area contributed by atoms with Crippen LogP contribution in [0.3, 0.4) is 0 Å². The molecule has 1 aromatic rings. The highest BCUT2D eigenvalue weighted by Gasteiger charge is 2.11. The van der Waals surface area contributed by atoms with Gasteiger partial charge in [0.05, 0.1) is 12.3 Å². The zero-order valence-electron chi connectivity index (χ0n) is 10.6. The number of benzene rings is 1. The molecule has 4 heteroatoms. The third-order valence-electron chi connectivity index (χ3n) is 2.41. The van der Waals surface area contributed by atoms with E-state index in [1.54, 1.807) is 18.2 Å². The average Bonchev–Trinajstić information content (AvgIpc) is 2.18. The predicted octanol–water partition coefficient (Wildman–Crippen LogP) is 2.18. The molecule has 0 bridgehead atoms. The molecule has 0 radical (unpaired) electrons. The molecule has 0 spiro atoms. The highest BCUT2D eigenvalue weighted by molar-refractivity contribution is 5.93.